The minimum atomic E-state index is -1.00. The molecule has 4 aliphatic rings. The molecule has 0 atom stereocenters. The molecule has 0 unspecified atom stereocenters. The summed E-state index contributed by atoms with van der Waals surface area (Å²) in [5.74, 6) is 2.08. The molecule has 4 saturated heterocycles. The van der Waals surface area contributed by atoms with E-state index in [2.05, 4.69) is 56.0 Å². The van der Waals surface area contributed by atoms with Gasteiger partial charge in [0, 0.05) is 163 Å². The summed E-state index contributed by atoms with van der Waals surface area (Å²) in [6.45, 7) is 13.7. The van der Waals surface area contributed by atoms with Crippen molar-refractivity contribution in [2.45, 2.75) is 34.1 Å². The number of aliphatic carboxylic acids is 1. The Bertz CT molecular complexity index is 4440. The van der Waals surface area contributed by atoms with Crippen LogP contribution in [0.15, 0.2) is 110 Å². The van der Waals surface area contributed by atoms with E-state index in [0.717, 1.165) is 121 Å². The number of thiazole rings is 2. The lowest BCUT2D eigenvalue weighted by Gasteiger charge is -2.41. The Labute approximate surface area is 564 Å². The van der Waals surface area contributed by atoms with Gasteiger partial charge in [-0.15, -0.1) is 0 Å². The molecule has 28 heteroatoms. The highest BCUT2D eigenvalue weighted by Crippen LogP contribution is 2.40. The van der Waals surface area contributed by atoms with Gasteiger partial charge in [0.15, 0.2) is 10.3 Å². The minimum Gasteiger partial charge on any atom is -0.481 e. The SMILES string of the molecule is C.CCc1nc2ccc(-c3cnc(N4CCN(C(=O)C5CN(C)C5)CC4)nc3)cn2c1N(C)c1nc(-c2ccc(F)cc2)c(C#N)s1.CCc1nc2ccc(-c3cnc(N4CCNCC4)nc3)cn2c1N(C)c1nc(-c2ccc(F)cc2)c(C#N)s1.CN1CC(C(=O)O)C1.[2H]CF. The Kier molecular flexibility index (Phi) is 21.5. The Morgan fingerprint density at radius 3 is 1.35 bits per heavy atom. The maximum atomic E-state index is 13.6. The van der Waals surface area contributed by atoms with E-state index < -0.39 is 13.1 Å². The van der Waals surface area contributed by atoms with Crippen LogP contribution >= 0.6 is 22.7 Å². The number of aromatic nitrogens is 10. The van der Waals surface area contributed by atoms with Crippen molar-refractivity contribution >= 4 is 79.6 Å². The Hall–Kier alpha value is -9.97. The molecule has 96 heavy (non-hydrogen) atoms. The highest BCUT2D eigenvalue weighted by Gasteiger charge is 2.35. The number of hydrogen-bond acceptors (Lipinski definition) is 21. The molecule has 8 aromatic heterocycles. The van der Waals surface area contributed by atoms with Crippen LogP contribution in [0.2, 0.25) is 0 Å². The second kappa shape index (κ2) is 30.6. The van der Waals surface area contributed by atoms with Crippen LogP contribution in [0.5, 0.6) is 0 Å². The van der Waals surface area contributed by atoms with E-state index in [1.165, 1.54) is 46.9 Å². The molecule has 14 rings (SSSR count). The van der Waals surface area contributed by atoms with Crippen molar-refractivity contribution in [2.24, 2.45) is 11.8 Å². The summed E-state index contributed by atoms with van der Waals surface area (Å²) in [4.78, 5) is 76.1. The van der Waals surface area contributed by atoms with Gasteiger partial charge in [0.1, 0.15) is 67.8 Å². The third-order valence-electron chi connectivity index (χ3n) is 16.9. The third-order valence-corrected chi connectivity index (χ3v) is 19.0. The lowest BCUT2D eigenvalue weighted by molar-refractivity contribution is -0.146. The van der Waals surface area contributed by atoms with E-state index >= 15 is 0 Å². The molecule has 2 N–H and O–H groups in total. The van der Waals surface area contributed by atoms with Crippen LogP contribution in [0.4, 0.5) is 47.0 Å². The van der Waals surface area contributed by atoms with Crippen LogP contribution in [-0.2, 0) is 22.4 Å². The number of halogens is 3. The summed E-state index contributed by atoms with van der Waals surface area (Å²) >= 11 is 2.58. The Morgan fingerprint density at radius 2 is 0.990 bits per heavy atom. The average molecular weight is 1340 g/mol. The zero-order valence-corrected chi connectivity index (χ0v) is 55.0. The quantitative estimate of drug-likeness (QED) is 0.103. The molecule has 4 aliphatic heterocycles. The third kappa shape index (κ3) is 14.8. The molecule has 0 spiro atoms. The monoisotopic (exact) mass is 1340 g/mol. The summed E-state index contributed by atoms with van der Waals surface area (Å²) in [7, 11) is 6.80. The van der Waals surface area contributed by atoms with E-state index in [4.69, 9.17) is 36.4 Å². The van der Waals surface area contributed by atoms with Gasteiger partial charge >= 0.3 is 5.97 Å². The zero-order valence-electron chi connectivity index (χ0n) is 54.4. The molecule has 0 bridgehead atoms. The number of nitrogens with zero attached hydrogens (tertiary/aromatic N) is 19. The fourth-order valence-electron chi connectivity index (χ4n) is 11.8. The summed E-state index contributed by atoms with van der Waals surface area (Å²) in [6.07, 6.45) is 12.9. The summed E-state index contributed by atoms with van der Waals surface area (Å²) < 4.78 is 46.6. The molecular weight excluding hydrogens is 1270 g/mol. The number of benzene rings is 2. The van der Waals surface area contributed by atoms with E-state index in [1.807, 2.05) is 118 Å². The first-order valence-corrected chi connectivity index (χ1v) is 32.6. The van der Waals surface area contributed by atoms with E-state index in [1.54, 1.807) is 24.3 Å². The van der Waals surface area contributed by atoms with Crippen LogP contribution < -0.4 is 24.9 Å². The van der Waals surface area contributed by atoms with Gasteiger partial charge in [-0.25, -0.2) is 48.7 Å². The number of aryl methyl sites for hydroxylation is 2. The van der Waals surface area contributed by atoms with Gasteiger partial charge in [-0.3, -0.25) is 22.8 Å². The number of imidazole rings is 2. The summed E-state index contributed by atoms with van der Waals surface area (Å²) in [5, 5.41) is 32.6. The number of amides is 1. The van der Waals surface area contributed by atoms with Gasteiger partial charge in [0.05, 0.1) is 31.7 Å². The first-order chi connectivity index (χ1) is 46.5. The van der Waals surface area contributed by atoms with Crippen LogP contribution in [0.1, 0.15) is 43.8 Å². The number of carbonyl (C=O) groups excluding carboxylic acids is 1. The fourth-order valence-corrected chi connectivity index (χ4v) is 13.5. The van der Waals surface area contributed by atoms with Crippen LogP contribution in [0.25, 0.3) is 56.1 Å². The number of carboxylic acid groups (broad SMARTS) is 1. The zero-order chi connectivity index (χ0) is 67.7. The van der Waals surface area contributed by atoms with Gasteiger partial charge in [-0.2, -0.15) is 10.5 Å². The number of pyridine rings is 2. The molecule has 10 aromatic rings. The molecule has 0 radical (unpaired) electrons. The number of carboxylic acids is 1. The predicted octanol–water partition coefficient (Wildman–Crippen LogP) is 9.99. The lowest BCUT2D eigenvalue weighted by Crippen LogP contribution is -2.57. The number of alkyl halides is 1. The molecule has 2 aromatic carbocycles. The summed E-state index contributed by atoms with van der Waals surface area (Å²) in [5.41, 5.74) is 9.54. The maximum absolute atomic E-state index is 13.6. The number of carbonyl (C=O) groups is 2. The van der Waals surface area contributed by atoms with E-state index in [0.29, 0.717) is 81.1 Å². The van der Waals surface area contributed by atoms with Crippen molar-refractivity contribution in [3.05, 3.63) is 143 Å². The fraction of sp³-hybridized carbons (Fsp3) is 0.353. The van der Waals surface area contributed by atoms with Gasteiger partial charge < -0.3 is 44.7 Å². The molecule has 12 heterocycles. The normalized spacial score (nSPS) is 15.1. The van der Waals surface area contributed by atoms with Gasteiger partial charge in [0.25, 0.3) is 0 Å². The van der Waals surface area contributed by atoms with Gasteiger partial charge in [-0.05, 0) is 99.7 Å². The smallest absolute Gasteiger partial charge is 0.309 e. The molecule has 498 valence electrons. The van der Waals surface area contributed by atoms with Crippen molar-refractivity contribution in [2.75, 3.05) is 133 Å². The first kappa shape index (κ1) is 67.4. The van der Waals surface area contributed by atoms with Crippen molar-refractivity contribution in [3.63, 3.8) is 0 Å². The van der Waals surface area contributed by atoms with E-state index in [-0.39, 0.29) is 36.8 Å². The Balaban J connectivity index is 0.000000182. The van der Waals surface area contributed by atoms with Crippen LogP contribution in [0, 0.1) is 46.1 Å². The highest BCUT2D eigenvalue weighted by atomic mass is 32.1. The van der Waals surface area contributed by atoms with Crippen molar-refractivity contribution in [1.29, 1.82) is 10.5 Å². The number of likely N-dealkylation sites (tertiary alicyclic amines) is 2. The first-order valence-electron chi connectivity index (χ1n) is 31.6. The number of piperazine rings is 2. The molecule has 1 amide bonds. The number of nitriles is 2. The second-order valence-corrected chi connectivity index (χ2v) is 25.2. The minimum absolute atomic E-state index is 0. The maximum Gasteiger partial charge on any atom is 0.309 e. The second-order valence-electron chi connectivity index (χ2n) is 23.2. The molecule has 23 nitrogen and oxygen atoms in total. The van der Waals surface area contributed by atoms with Crippen molar-refractivity contribution < 1.29 is 29.2 Å². The number of nitrogens with one attached hydrogen (secondary N) is 1. The summed E-state index contributed by atoms with van der Waals surface area (Å²) in [6, 6.07) is 24.5. The van der Waals surface area contributed by atoms with E-state index in [9.17, 15) is 33.3 Å². The largest absolute Gasteiger partial charge is 0.481 e. The van der Waals surface area contributed by atoms with Gasteiger partial charge in [0.2, 0.25) is 17.8 Å². The Morgan fingerprint density at radius 1 is 0.604 bits per heavy atom. The number of rotatable bonds is 14. The predicted molar refractivity (Wildman–Crippen MR) is 369 cm³/mol. The topological polar surface area (TPSA) is 249 Å². The van der Waals surface area contributed by atoms with Crippen LogP contribution in [-0.4, -0.2) is 194 Å². The molecular formula is C68H75F3N20O3S2. The standard InChI is InChI=1S/C33H33FN10OS.C28H26FN9S.C5H9NO2.CH3F.CH4/c1-4-26-30(41(3)33-39-29(27(15-35)46-33)21-5-8-25(34)9-6-21)44-20-22(7-10-28(44)38-26)23-16-36-32(37-17-23)43-13-11-42(12-14-43)31(45)24-18-40(2)19-24;1-3-22-26(36(2)28-35-25(23(14-30)39-28)18-4-7-21(29)8-5-18)38-17-19(6-9-24(38)34-22)20-15-32-27(33-16-20)37-12-10-31-11-13-37;1-6-2-4(3-6)5(7)8;1-2;/h5-10,16-17,20,24H,4,11-14,18-19H2,1-3H3;4-9,15-17,31H,3,10-13H2,1-2H3;4H,2-3H2,1H3,(H,7,8);1H3;1H4/i;;;1D;. The van der Waals surface area contributed by atoms with Crippen molar-refractivity contribution in [1.82, 2.24) is 68.7 Å². The average Bonchev–Trinajstić information content (AvgIpc) is 1.65. The molecule has 0 saturated carbocycles. The number of hydrogen-bond donors (Lipinski definition) is 2. The van der Waals surface area contributed by atoms with Crippen molar-refractivity contribution in [3.8, 4) is 56.9 Å². The highest BCUT2D eigenvalue weighted by molar-refractivity contribution is 7.17. The molecule has 4 fully saturated rings. The van der Waals surface area contributed by atoms with Gasteiger partial charge in [-0.1, -0.05) is 43.9 Å². The number of fused-ring (bicyclic) bond motifs is 2. The van der Waals surface area contributed by atoms with Crippen LogP contribution in [0.3, 0.4) is 0 Å². The number of anilines is 6. The molecule has 0 aliphatic carbocycles. The lowest BCUT2D eigenvalue weighted by atomic mass is 9.99.